The Hall–Kier alpha value is -2.69. The molecule has 4 rings (SSSR count). The summed E-state index contributed by atoms with van der Waals surface area (Å²) in [5, 5.41) is 11.6. The molecule has 0 bridgehead atoms. The highest BCUT2D eigenvalue weighted by Crippen LogP contribution is 2.32. The van der Waals surface area contributed by atoms with Gasteiger partial charge in [0.05, 0.1) is 4.90 Å². The average molecular weight is 489 g/mol. The number of carbonyl (C=O) groups excluding carboxylic acids is 1. The Morgan fingerprint density at radius 2 is 1.88 bits per heavy atom. The molecule has 1 atom stereocenters. The lowest BCUT2D eigenvalue weighted by Gasteiger charge is -2.30. The number of benzene rings is 2. The van der Waals surface area contributed by atoms with Crippen molar-refractivity contribution in [3.8, 4) is 0 Å². The molecule has 10 heteroatoms. The number of nitrogens with one attached hydrogen (secondary N) is 1. The molecule has 0 spiro atoms. The summed E-state index contributed by atoms with van der Waals surface area (Å²) in [6, 6.07) is 12.5. The number of carbonyl (C=O) groups is 1. The lowest BCUT2D eigenvalue weighted by Crippen LogP contribution is -2.39. The fraction of sp³-hybridized carbons (Fsp3) is 0.348. The van der Waals surface area contributed by atoms with Gasteiger partial charge in [0, 0.05) is 24.7 Å². The maximum absolute atomic E-state index is 13.2. The van der Waals surface area contributed by atoms with Crippen molar-refractivity contribution in [3.63, 3.8) is 0 Å². The van der Waals surface area contributed by atoms with E-state index in [1.165, 1.54) is 28.6 Å². The Bertz CT molecular complexity index is 1210. The first-order valence-electron chi connectivity index (χ1n) is 10.9. The molecule has 33 heavy (non-hydrogen) atoms. The van der Waals surface area contributed by atoms with Gasteiger partial charge < -0.3 is 5.32 Å². The van der Waals surface area contributed by atoms with Gasteiger partial charge in [-0.25, -0.2) is 12.8 Å². The molecule has 174 valence electrons. The number of rotatable bonds is 7. The van der Waals surface area contributed by atoms with E-state index in [1.807, 2.05) is 12.1 Å². The minimum Gasteiger partial charge on any atom is -0.320 e. The minimum atomic E-state index is -3.61. The molecule has 0 unspecified atom stereocenters. The van der Waals surface area contributed by atoms with Crippen LogP contribution in [-0.2, 0) is 16.4 Å². The molecule has 7 nitrogen and oxygen atoms in total. The second kappa shape index (κ2) is 10.1. The van der Waals surface area contributed by atoms with Crippen molar-refractivity contribution >= 4 is 33.0 Å². The van der Waals surface area contributed by atoms with Gasteiger partial charge >= 0.3 is 0 Å². The third kappa shape index (κ3) is 5.45. The van der Waals surface area contributed by atoms with Gasteiger partial charge in [0.25, 0.3) is 5.91 Å². The summed E-state index contributed by atoms with van der Waals surface area (Å²) < 4.78 is 40.9. The molecule has 1 aliphatic rings. The minimum absolute atomic E-state index is 0.127. The largest absolute Gasteiger partial charge is 0.320 e. The summed E-state index contributed by atoms with van der Waals surface area (Å²) in [6.45, 7) is 2.84. The predicted molar refractivity (Wildman–Crippen MR) is 125 cm³/mol. The Morgan fingerprint density at radius 3 is 2.58 bits per heavy atom. The van der Waals surface area contributed by atoms with E-state index >= 15 is 0 Å². The standard InChI is InChI=1S/C23H25FN4O3S2/c1-2-4-16-6-12-20(13-7-16)33(30,31)28-14-3-5-17(15-28)22-26-27-23(32-22)21(29)25-19-10-8-18(24)9-11-19/h6-13,17H,2-5,14-15H2,1H3,(H,25,29)/t17-/m1/s1. The van der Waals surface area contributed by atoms with Crippen LogP contribution < -0.4 is 5.32 Å². The maximum Gasteiger partial charge on any atom is 0.286 e. The van der Waals surface area contributed by atoms with Crippen molar-refractivity contribution in [1.82, 2.24) is 14.5 Å². The van der Waals surface area contributed by atoms with Crippen molar-refractivity contribution in [2.75, 3.05) is 18.4 Å². The van der Waals surface area contributed by atoms with Crippen molar-refractivity contribution in [1.29, 1.82) is 0 Å². The van der Waals surface area contributed by atoms with Crippen molar-refractivity contribution in [3.05, 3.63) is 69.9 Å². The number of nitrogens with zero attached hydrogens (tertiary/aromatic N) is 3. The first kappa shape index (κ1) is 23.5. The smallest absolute Gasteiger partial charge is 0.286 e. The quantitative estimate of drug-likeness (QED) is 0.530. The SMILES string of the molecule is CCCc1ccc(S(=O)(=O)N2CCC[C@@H](c3nnc(C(=O)Nc4ccc(F)cc4)s3)C2)cc1. The number of amides is 1. The molecule has 1 N–H and O–H groups in total. The number of aryl methyl sites for hydroxylation is 1. The van der Waals surface area contributed by atoms with E-state index < -0.39 is 15.9 Å². The van der Waals surface area contributed by atoms with E-state index in [9.17, 15) is 17.6 Å². The van der Waals surface area contributed by atoms with E-state index in [0.717, 1.165) is 36.2 Å². The van der Waals surface area contributed by atoms with Gasteiger partial charge in [-0.1, -0.05) is 36.8 Å². The topological polar surface area (TPSA) is 92.3 Å². The van der Waals surface area contributed by atoms with Gasteiger partial charge in [0.15, 0.2) is 0 Å². The summed E-state index contributed by atoms with van der Waals surface area (Å²) in [5.41, 5.74) is 1.58. The predicted octanol–water partition coefficient (Wildman–Crippen LogP) is 4.45. The number of anilines is 1. The van der Waals surface area contributed by atoms with Gasteiger partial charge in [-0.2, -0.15) is 4.31 Å². The van der Waals surface area contributed by atoms with Crippen LogP contribution in [0.5, 0.6) is 0 Å². The summed E-state index contributed by atoms with van der Waals surface area (Å²) in [6.07, 6.45) is 3.40. The van der Waals surface area contributed by atoms with Crippen LogP contribution in [0.15, 0.2) is 53.4 Å². The van der Waals surface area contributed by atoms with Crippen molar-refractivity contribution in [2.45, 2.75) is 43.4 Å². The van der Waals surface area contributed by atoms with Crippen LogP contribution in [-0.4, -0.2) is 41.9 Å². The molecule has 2 aromatic carbocycles. The highest BCUT2D eigenvalue weighted by molar-refractivity contribution is 7.89. The van der Waals surface area contributed by atoms with E-state index in [1.54, 1.807) is 12.1 Å². The maximum atomic E-state index is 13.2. The second-order valence-corrected chi connectivity index (χ2v) is 10.9. The second-order valence-electron chi connectivity index (χ2n) is 8.00. The molecule has 1 aliphatic heterocycles. The van der Waals surface area contributed by atoms with E-state index in [2.05, 4.69) is 22.4 Å². The summed E-state index contributed by atoms with van der Waals surface area (Å²) in [5.74, 6) is -0.949. The van der Waals surface area contributed by atoms with Crippen molar-refractivity contribution in [2.24, 2.45) is 0 Å². The highest BCUT2D eigenvalue weighted by atomic mass is 32.2. The van der Waals surface area contributed by atoms with Gasteiger partial charge in [-0.3, -0.25) is 4.79 Å². The number of sulfonamides is 1. The van der Waals surface area contributed by atoms with E-state index in [-0.39, 0.29) is 16.7 Å². The van der Waals surface area contributed by atoms with Gasteiger partial charge in [-0.15, -0.1) is 10.2 Å². The molecule has 1 amide bonds. The molecule has 1 saturated heterocycles. The number of aromatic nitrogens is 2. The molecule has 0 saturated carbocycles. The highest BCUT2D eigenvalue weighted by Gasteiger charge is 2.32. The molecule has 0 radical (unpaired) electrons. The Labute approximate surface area is 196 Å². The summed E-state index contributed by atoms with van der Waals surface area (Å²) >= 11 is 1.16. The first-order chi connectivity index (χ1) is 15.9. The fourth-order valence-electron chi connectivity index (χ4n) is 3.84. The molecule has 2 heterocycles. The van der Waals surface area contributed by atoms with Crippen LogP contribution in [0, 0.1) is 5.82 Å². The Kier molecular flexibility index (Phi) is 7.16. The normalized spacial score (nSPS) is 17.1. The molecule has 0 aliphatic carbocycles. The third-order valence-corrected chi connectivity index (χ3v) is 8.53. The van der Waals surface area contributed by atoms with Gasteiger partial charge in [0.1, 0.15) is 10.8 Å². The molecule has 1 aromatic heterocycles. The Balaban J connectivity index is 1.44. The molecule has 3 aromatic rings. The summed E-state index contributed by atoms with van der Waals surface area (Å²) in [4.78, 5) is 12.8. The molecule has 1 fully saturated rings. The zero-order valence-corrected chi connectivity index (χ0v) is 19.8. The van der Waals surface area contributed by atoms with E-state index in [4.69, 9.17) is 0 Å². The van der Waals surface area contributed by atoms with Crippen LogP contribution in [0.3, 0.4) is 0 Å². The lowest BCUT2D eigenvalue weighted by atomic mass is 10.0. The Morgan fingerprint density at radius 1 is 1.15 bits per heavy atom. The van der Waals surface area contributed by atoms with Crippen LogP contribution in [0.1, 0.15) is 52.5 Å². The van der Waals surface area contributed by atoms with Gasteiger partial charge in [0.2, 0.25) is 15.0 Å². The lowest BCUT2D eigenvalue weighted by molar-refractivity contribution is 0.102. The number of halogens is 1. The molecular weight excluding hydrogens is 463 g/mol. The third-order valence-electron chi connectivity index (χ3n) is 5.57. The van der Waals surface area contributed by atoms with Gasteiger partial charge in [-0.05, 0) is 61.2 Å². The van der Waals surface area contributed by atoms with Crippen molar-refractivity contribution < 1.29 is 17.6 Å². The van der Waals surface area contributed by atoms with Crippen LogP contribution in [0.4, 0.5) is 10.1 Å². The zero-order valence-electron chi connectivity index (χ0n) is 18.2. The summed E-state index contributed by atoms with van der Waals surface area (Å²) in [7, 11) is -3.61. The first-order valence-corrected chi connectivity index (χ1v) is 13.1. The number of hydrogen-bond acceptors (Lipinski definition) is 6. The van der Waals surface area contributed by atoms with Crippen LogP contribution >= 0.6 is 11.3 Å². The monoisotopic (exact) mass is 488 g/mol. The zero-order chi connectivity index (χ0) is 23.4. The van der Waals surface area contributed by atoms with E-state index in [0.29, 0.717) is 35.1 Å². The number of piperidine rings is 1. The number of hydrogen-bond donors (Lipinski definition) is 1. The fourth-order valence-corrected chi connectivity index (χ4v) is 6.23. The molecular formula is C23H25FN4O3S2. The van der Waals surface area contributed by atoms with Crippen LogP contribution in [0.25, 0.3) is 0 Å². The average Bonchev–Trinajstić information content (AvgIpc) is 3.32. The van der Waals surface area contributed by atoms with Crippen LogP contribution in [0.2, 0.25) is 0 Å².